The zero-order valence-electron chi connectivity index (χ0n) is 7.81. The van der Waals surface area contributed by atoms with Crippen LogP contribution in [0.4, 0.5) is 0 Å². The van der Waals surface area contributed by atoms with Gasteiger partial charge in [0.05, 0.1) is 0 Å². The molecule has 2 nitrogen and oxygen atoms in total. The highest BCUT2D eigenvalue weighted by molar-refractivity contribution is 5.97. The molecule has 1 saturated carbocycles. The van der Waals surface area contributed by atoms with Gasteiger partial charge in [0.25, 0.3) is 0 Å². The van der Waals surface area contributed by atoms with Gasteiger partial charge in [0, 0.05) is 12.1 Å². The predicted molar refractivity (Wildman–Crippen MR) is 50.1 cm³/mol. The van der Waals surface area contributed by atoms with Crippen LogP contribution in [0.1, 0.15) is 32.1 Å². The third kappa shape index (κ3) is 0.976. The molecule has 13 heavy (non-hydrogen) atoms. The second-order valence-corrected chi connectivity index (χ2v) is 4.52. The standard InChI is InChI=1S/C11H15NO/c13-11-10-8-3-1-2-7(4-5-8)9(10)6-12-11/h7-8H,1-6H2,(H,12,13). The zero-order valence-corrected chi connectivity index (χ0v) is 7.81. The molecule has 4 rings (SSSR count). The molecule has 2 atom stereocenters. The summed E-state index contributed by atoms with van der Waals surface area (Å²) in [6.45, 7) is 0.856. The molecule has 1 fully saturated rings. The quantitative estimate of drug-likeness (QED) is 0.598. The van der Waals surface area contributed by atoms with Gasteiger partial charge < -0.3 is 5.32 Å². The van der Waals surface area contributed by atoms with Crippen LogP contribution < -0.4 is 5.32 Å². The largest absolute Gasteiger partial charge is 0.349 e. The summed E-state index contributed by atoms with van der Waals surface area (Å²) in [5.74, 6) is 1.59. The summed E-state index contributed by atoms with van der Waals surface area (Å²) in [5.41, 5.74) is 2.66. The third-order valence-corrected chi connectivity index (χ3v) is 3.90. The number of nitrogens with one attached hydrogen (secondary N) is 1. The van der Waals surface area contributed by atoms with Gasteiger partial charge in [-0.1, -0.05) is 6.42 Å². The van der Waals surface area contributed by atoms with E-state index in [0.29, 0.717) is 5.92 Å². The van der Waals surface area contributed by atoms with Crippen molar-refractivity contribution in [3.8, 4) is 0 Å². The van der Waals surface area contributed by atoms with Crippen molar-refractivity contribution in [2.45, 2.75) is 32.1 Å². The normalized spacial score (nSPS) is 37.4. The summed E-state index contributed by atoms with van der Waals surface area (Å²) in [6.07, 6.45) is 6.50. The van der Waals surface area contributed by atoms with E-state index in [1.807, 2.05) is 0 Å². The lowest BCUT2D eigenvalue weighted by atomic mass is 9.79. The Morgan fingerprint density at radius 3 is 2.77 bits per heavy atom. The highest BCUT2D eigenvalue weighted by Crippen LogP contribution is 2.44. The van der Waals surface area contributed by atoms with E-state index in [-0.39, 0.29) is 5.91 Å². The fourth-order valence-electron chi connectivity index (χ4n) is 3.26. The number of fused-ring (bicyclic) bond motifs is 3. The Bertz CT molecular complexity index is 288. The number of hydrogen-bond acceptors (Lipinski definition) is 1. The van der Waals surface area contributed by atoms with E-state index in [9.17, 15) is 4.79 Å². The van der Waals surface area contributed by atoms with E-state index in [4.69, 9.17) is 0 Å². The first-order valence-electron chi connectivity index (χ1n) is 5.37. The van der Waals surface area contributed by atoms with Gasteiger partial charge in [-0.3, -0.25) is 4.79 Å². The van der Waals surface area contributed by atoms with Crippen molar-refractivity contribution in [1.29, 1.82) is 0 Å². The molecule has 2 unspecified atom stereocenters. The fraction of sp³-hybridized carbons (Fsp3) is 0.727. The van der Waals surface area contributed by atoms with Crippen LogP contribution in [-0.4, -0.2) is 12.5 Å². The Hall–Kier alpha value is -0.790. The van der Waals surface area contributed by atoms with Crippen LogP contribution in [0, 0.1) is 11.8 Å². The van der Waals surface area contributed by atoms with Crippen molar-refractivity contribution in [3.05, 3.63) is 11.1 Å². The molecule has 0 aromatic carbocycles. The Morgan fingerprint density at radius 1 is 1.08 bits per heavy atom. The molecule has 0 aromatic rings. The molecule has 70 valence electrons. The summed E-state index contributed by atoms with van der Waals surface area (Å²) < 4.78 is 0. The monoisotopic (exact) mass is 177 g/mol. The van der Waals surface area contributed by atoms with Crippen molar-refractivity contribution in [2.24, 2.45) is 11.8 Å². The van der Waals surface area contributed by atoms with Crippen LogP contribution in [-0.2, 0) is 4.79 Å². The maximum absolute atomic E-state index is 11.6. The molecular weight excluding hydrogens is 162 g/mol. The second-order valence-electron chi connectivity index (χ2n) is 4.52. The van der Waals surface area contributed by atoms with Crippen LogP contribution in [0.25, 0.3) is 0 Å². The average molecular weight is 177 g/mol. The maximum atomic E-state index is 11.6. The second kappa shape index (κ2) is 2.60. The van der Waals surface area contributed by atoms with Crippen molar-refractivity contribution in [3.63, 3.8) is 0 Å². The number of amides is 1. The molecular formula is C11H15NO. The van der Waals surface area contributed by atoms with E-state index < -0.39 is 0 Å². The molecule has 3 aliphatic carbocycles. The molecule has 4 aliphatic rings. The number of carbonyl (C=O) groups excluding carboxylic acids is 1. The molecule has 1 amide bonds. The minimum Gasteiger partial charge on any atom is -0.349 e. The van der Waals surface area contributed by atoms with E-state index >= 15 is 0 Å². The van der Waals surface area contributed by atoms with Crippen molar-refractivity contribution in [1.82, 2.24) is 5.32 Å². The van der Waals surface area contributed by atoms with Crippen molar-refractivity contribution >= 4 is 5.91 Å². The van der Waals surface area contributed by atoms with Gasteiger partial charge in [-0.05, 0) is 43.1 Å². The summed E-state index contributed by atoms with van der Waals surface area (Å²) in [6, 6.07) is 0. The van der Waals surface area contributed by atoms with Crippen LogP contribution >= 0.6 is 0 Å². The molecule has 0 spiro atoms. The SMILES string of the molecule is O=C1NCC2=C1C1CCCC2CC1. The molecule has 1 aliphatic heterocycles. The van der Waals surface area contributed by atoms with Crippen LogP contribution in [0.5, 0.6) is 0 Å². The number of rotatable bonds is 0. The lowest BCUT2D eigenvalue weighted by molar-refractivity contribution is -0.117. The van der Waals surface area contributed by atoms with Gasteiger partial charge in [-0.15, -0.1) is 0 Å². The van der Waals surface area contributed by atoms with Gasteiger partial charge in [0.2, 0.25) is 5.91 Å². The van der Waals surface area contributed by atoms with E-state index in [1.165, 1.54) is 43.3 Å². The minimum atomic E-state index is 0.242. The van der Waals surface area contributed by atoms with Gasteiger partial charge >= 0.3 is 0 Å². The Labute approximate surface area is 78.4 Å². The molecule has 0 saturated heterocycles. The number of hydrogen-bond donors (Lipinski definition) is 1. The molecule has 2 heteroatoms. The average Bonchev–Trinajstić information content (AvgIpc) is 2.40. The molecule has 0 radical (unpaired) electrons. The van der Waals surface area contributed by atoms with Gasteiger partial charge in [-0.25, -0.2) is 0 Å². The van der Waals surface area contributed by atoms with Gasteiger partial charge in [0.15, 0.2) is 0 Å². The Balaban J connectivity index is 2.07. The van der Waals surface area contributed by atoms with Crippen LogP contribution in [0.15, 0.2) is 11.1 Å². The Morgan fingerprint density at radius 2 is 1.85 bits per heavy atom. The highest BCUT2D eigenvalue weighted by Gasteiger charge is 2.38. The molecule has 1 N–H and O–H groups in total. The topological polar surface area (TPSA) is 29.1 Å². The maximum Gasteiger partial charge on any atom is 0.247 e. The predicted octanol–water partition coefficient (Wildman–Crippen LogP) is 1.62. The molecule has 0 aromatic heterocycles. The van der Waals surface area contributed by atoms with Crippen LogP contribution in [0.3, 0.4) is 0 Å². The first-order valence-corrected chi connectivity index (χ1v) is 5.37. The summed E-state index contributed by atoms with van der Waals surface area (Å²) >= 11 is 0. The fourth-order valence-corrected chi connectivity index (χ4v) is 3.26. The van der Waals surface area contributed by atoms with Crippen molar-refractivity contribution < 1.29 is 4.79 Å². The van der Waals surface area contributed by atoms with Crippen LogP contribution in [0.2, 0.25) is 0 Å². The lowest BCUT2D eigenvalue weighted by Crippen LogP contribution is -2.20. The first kappa shape index (κ1) is 7.60. The zero-order chi connectivity index (χ0) is 8.84. The summed E-state index contributed by atoms with van der Waals surface area (Å²) in [4.78, 5) is 11.6. The lowest BCUT2D eigenvalue weighted by Gasteiger charge is -2.24. The van der Waals surface area contributed by atoms with Crippen molar-refractivity contribution in [2.75, 3.05) is 6.54 Å². The van der Waals surface area contributed by atoms with E-state index in [2.05, 4.69) is 5.32 Å². The molecule has 1 heterocycles. The van der Waals surface area contributed by atoms with Gasteiger partial charge in [-0.2, -0.15) is 0 Å². The van der Waals surface area contributed by atoms with E-state index in [1.54, 1.807) is 0 Å². The summed E-state index contributed by atoms with van der Waals surface area (Å²) in [7, 11) is 0. The molecule has 2 bridgehead atoms. The Kier molecular flexibility index (Phi) is 1.52. The third-order valence-electron chi connectivity index (χ3n) is 3.90. The summed E-state index contributed by atoms with van der Waals surface area (Å²) in [5, 5.41) is 2.98. The number of carbonyl (C=O) groups is 1. The smallest absolute Gasteiger partial charge is 0.247 e. The minimum absolute atomic E-state index is 0.242. The highest BCUT2D eigenvalue weighted by atomic mass is 16.1. The first-order chi connectivity index (χ1) is 6.36. The van der Waals surface area contributed by atoms with Gasteiger partial charge in [0.1, 0.15) is 0 Å². The van der Waals surface area contributed by atoms with E-state index in [0.717, 1.165) is 12.5 Å².